The van der Waals surface area contributed by atoms with Gasteiger partial charge in [-0.2, -0.15) is 0 Å². The lowest BCUT2D eigenvalue weighted by Crippen LogP contribution is -2.29. The summed E-state index contributed by atoms with van der Waals surface area (Å²) in [4.78, 5) is 10.9. The fraction of sp³-hybridized carbons (Fsp3) is 0.727. The summed E-state index contributed by atoms with van der Waals surface area (Å²) in [5.74, 6) is -0.0322. The molecule has 0 aliphatic rings. The normalized spacial score (nSPS) is 13.1. The Bertz CT molecular complexity index is 556. The van der Waals surface area contributed by atoms with Gasteiger partial charge in [-0.3, -0.25) is 4.79 Å². The predicted molar refractivity (Wildman–Crippen MR) is 86.2 cm³/mol. The number of aromatic nitrogens is 2. The Labute approximate surface area is 137 Å². The molecular formula is C11H19BrN4O3S2. The summed E-state index contributed by atoms with van der Waals surface area (Å²) in [6.45, 7) is 3.76. The number of rotatable bonds is 9. The van der Waals surface area contributed by atoms with Crippen LogP contribution in [0.2, 0.25) is 0 Å². The molecule has 1 atom stereocenters. The Morgan fingerprint density at radius 2 is 2.10 bits per heavy atom. The molecule has 1 rings (SSSR count). The number of nitrogens with zero attached hydrogens (tertiary/aromatic N) is 2. The molecule has 0 saturated carbocycles. The summed E-state index contributed by atoms with van der Waals surface area (Å²) in [7, 11) is -3.68. The van der Waals surface area contributed by atoms with Gasteiger partial charge in [-0.15, -0.1) is 10.2 Å². The Morgan fingerprint density at radius 1 is 1.38 bits per heavy atom. The Hall–Kier alpha value is -0.580. The lowest BCUT2D eigenvalue weighted by atomic mass is 10.0. The van der Waals surface area contributed by atoms with Crippen LogP contribution in [0.1, 0.15) is 33.1 Å². The fourth-order valence-electron chi connectivity index (χ4n) is 1.72. The average molecular weight is 399 g/mol. The van der Waals surface area contributed by atoms with Crippen LogP contribution in [-0.4, -0.2) is 36.4 Å². The van der Waals surface area contributed by atoms with E-state index >= 15 is 0 Å². The number of hydrogen-bond donors (Lipinski definition) is 2. The highest BCUT2D eigenvalue weighted by Crippen LogP contribution is 2.20. The standard InChI is InChI=1S/C11H19BrN4O3S2/c1-3-4-9(5-6-12)7-13-21(18,19)11-16-15-10(20-11)14-8(2)17/h9,13H,3-7H2,1-2H3,(H,14,15,17). The van der Waals surface area contributed by atoms with E-state index in [-0.39, 0.29) is 21.3 Å². The fourth-order valence-corrected chi connectivity index (χ4v) is 4.47. The molecule has 1 aromatic rings. The van der Waals surface area contributed by atoms with Crippen molar-refractivity contribution in [3.05, 3.63) is 0 Å². The zero-order chi connectivity index (χ0) is 15.9. The minimum atomic E-state index is -3.68. The van der Waals surface area contributed by atoms with Gasteiger partial charge in [-0.25, -0.2) is 13.1 Å². The van der Waals surface area contributed by atoms with Gasteiger partial charge in [0.2, 0.25) is 15.4 Å². The van der Waals surface area contributed by atoms with Gasteiger partial charge in [0.25, 0.3) is 10.0 Å². The maximum absolute atomic E-state index is 12.1. The van der Waals surface area contributed by atoms with Gasteiger partial charge in [-0.1, -0.05) is 40.6 Å². The number of nitrogens with one attached hydrogen (secondary N) is 2. The Kier molecular flexibility index (Phi) is 7.71. The summed E-state index contributed by atoms with van der Waals surface area (Å²) < 4.78 is 26.7. The molecule has 120 valence electrons. The van der Waals surface area contributed by atoms with Crippen LogP contribution in [0.15, 0.2) is 4.34 Å². The van der Waals surface area contributed by atoms with E-state index in [0.717, 1.165) is 35.9 Å². The van der Waals surface area contributed by atoms with E-state index in [1.165, 1.54) is 6.92 Å². The van der Waals surface area contributed by atoms with Crippen LogP contribution in [0, 0.1) is 5.92 Å². The van der Waals surface area contributed by atoms with Crippen molar-refractivity contribution in [1.29, 1.82) is 0 Å². The van der Waals surface area contributed by atoms with Crippen LogP contribution in [0.4, 0.5) is 5.13 Å². The zero-order valence-electron chi connectivity index (χ0n) is 11.9. The molecule has 1 aromatic heterocycles. The first-order valence-corrected chi connectivity index (χ1v) is 9.97. The maximum Gasteiger partial charge on any atom is 0.269 e. The van der Waals surface area contributed by atoms with Crippen LogP contribution in [0.25, 0.3) is 0 Å². The average Bonchev–Trinajstić information content (AvgIpc) is 2.85. The van der Waals surface area contributed by atoms with Crippen molar-refractivity contribution in [2.45, 2.75) is 37.4 Å². The monoisotopic (exact) mass is 398 g/mol. The number of amides is 1. The SMILES string of the molecule is CCCC(CCBr)CNS(=O)(=O)c1nnc(NC(C)=O)s1. The van der Waals surface area contributed by atoms with Crippen molar-refractivity contribution in [2.75, 3.05) is 17.2 Å². The largest absolute Gasteiger partial charge is 0.301 e. The van der Waals surface area contributed by atoms with Crippen LogP contribution in [0.5, 0.6) is 0 Å². The van der Waals surface area contributed by atoms with Gasteiger partial charge >= 0.3 is 0 Å². The van der Waals surface area contributed by atoms with Crippen molar-refractivity contribution in [2.24, 2.45) is 5.92 Å². The summed E-state index contributed by atoms with van der Waals surface area (Å²) in [5.41, 5.74) is 0. The minimum absolute atomic E-state index is 0.139. The third-order valence-corrected chi connectivity index (χ3v) is 5.78. The molecule has 0 aliphatic heterocycles. The van der Waals surface area contributed by atoms with E-state index in [1.54, 1.807) is 0 Å². The molecule has 1 amide bonds. The summed E-state index contributed by atoms with van der Waals surface area (Å²) >= 11 is 4.21. The molecule has 21 heavy (non-hydrogen) atoms. The third kappa shape index (κ3) is 6.37. The maximum atomic E-state index is 12.1. The molecule has 1 heterocycles. The quantitative estimate of drug-likeness (QED) is 0.489. The molecule has 0 radical (unpaired) electrons. The highest BCUT2D eigenvalue weighted by molar-refractivity contribution is 9.09. The molecule has 2 N–H and O–H groups in total. The van der Waals surface area contributed by atoms with Crippen molar-refractivity contribution < 1.29 is 13.2 Å². The van der Waals surface area contributed by atoms with Crippen molar-refractivity contribution in [3.8, 4) is 0 Å². The number of alkyl halides is 1. The number of sulfonamides is 1. The number of carbonyl (C=O) groups excluding carboxylic acids is 1. The zero-order valence-corrected chi connectivity index (χ0v) is 15.1. The van der Waals surface area contributed by atoms with E-state index in [9.17, 15) is 13.2 Å². The van der Waals surface area contributed by atoms with Crippen LogP contribution >= 0.6 is 27.3 Å². The molecule has 0 fully saturated rings. The summed E-state index contributed by atoms with van der Waals surface area (Å²) in [6, 6.07) is 0. The molecule has 0 spiro atoms. The van der Waals surface area contributed by atoms with E-state index in [0.29, 0.717) is 6.54 Å². The van der Waals surface area contributed by atoms with Gasteiger partial charge in [-0.05, 0) is 18.8 Å². The van der Waals surface area contributed by atoms with Crippen molar-refractivity contribution in [3.63, 3.8) is 0 Å². The lowest BCUT2D eigenvalue weighted by Gasteiger charge is -2.14. The molecule has 10 heteroatoms. The minimum Gasteiger partial charge on any atom is -0.301 e. The van der Waals surface area contributed by atoms with Gasteiger partial charge in [0.05, 0.1) is 0 Å². The topological polar surface area (TPSA) is 101 Å². The first-order valence-electron chi connectivity index (χ1n) is 6.55. The second-order valence-corrected chi connectivity index (χ2v) is 8.25. The summed E-state index contributed by atoms with van der Waals surface area (Å²) in [6.07, 6.45) is 2.87. The van der Waals surface area contributed by atoms with Crippen LogP contribution in [-0.2, 0) is 14.8 Å². The van der Waals surface area contributed by atoms with E-state index in [1.807, 2.05) is 0 Å². The van der Waals surface area contributed by atoms with Crippen LogP contribution < -0.4 is 10.0 Å². The molecular weight excluding hydrogens is 380 g/mol. The summed E-state index contributed by atoms with van der Waals surface area (Å²) in [5, 5.41) is 10.7. The van der Waals surface area contributed by atoms with Gasteiger partial charge in [0, 0.05) is 18.8 Å². The van der Waals surface area contributed by atoms with Crippen molar-refractivity contribution >= 4 is 48.3 Å². The smallest absolute Gasteiger partial charge is 0.269 e. The molecule has 7 nitrogen and oxygen atoms in total. The van der Waals surface area contributed by atoms with E-state index in [2.05, 4.69) is 43.1 Å². The number of halogens is 1. The lowest BCUT2D eigenvalue weighted by molar-refractivity contribution is -0.114. The second-order valence-electron chi connectivity index (χ2n) is 4.54. The molecule has 1 unspecified atom stereocenters. The van der Waals surface area contributed by atoms with Gasteiger partial charge < -0.3 is 5.32 Å². The predicted octanol–water partition coefficient (Wildman–Crippen LogP) is 1.98. The second kappa shape index (κ2) is 8.76. The first-order chi connectivity index (χ1) is 9.89. The molecule has 0 saturated heterocycles. The number of hydrogen-bond acceptors (Lipinski definition) is 6. The highest BCUT2D eigenvalue weighted by atomic mass is 79.9. The molecule has 0 aromatic carbocycles. The number of carbonyl (C=O) groups is 1. The molecule has 0 aliphatic carbocycles. The van der Waals surface area contributed by atoms with E-state index < -0.39 is 10.0 Å². The first kappa shape index (κ1) is 18.5. The third-order valence-electron chi connectivity index (χ3n) is 2.70. The van der Waals surface area contributed by atoms with Crippen molar-refractivity contribution in [1.82, 2.24) is 14.9 Å². The Morgan fingerprint density at radius 3 is 2.67 bits per heavy atom. The van der Waals surface area contributed by atoms with Gasteiger partial charge in [0.1, 0.15) is 0 Å². The number of anilines is 1. The van der Waals surface area contributed by atoms with E-state index in [4.69, 9.17) is 0 Å². The van der Waals surface area contributed by atoms with Crippen LogP contribution in [0.3, 0.4) is 0 Å². The van der Waals surface area contributed by atoms with Gasteiger partial charge in [0.15, 0.2) is 0 Å². The Balaban J connectivity index is 2.67. The molecule has 0 bridgehead atoms. The highest BCUT2D eigenvalue weighted by Gasteiger charge is 2.21.